The van der Waals surface area contributed by atoms with Gasteiger partial charge >= 0.3 is 0 Å². The van der Waals surface area contributed by atoms with Crippen molar-refractivity contribution in [2.75, 3.05) is 18.5 Å². The van der Waals surface area contributed by atoms with Crippen molar-refractivity contribution in [2.45, 2.75) is 6.04 Å². The third kappa shape index (κ3) is 2.08. The van der Waals surface area contributed by atoms with Crippen LogP contribution in [0, 0.1) is 0 Å². The van der Waals surface area contributed by atoms with Crippen molar-refractivity contribution >= 4 is 17.0 Å². The Bertz CT molecular complexity index is 404. The minimum absolute atomic E-state index is 0.131. The molecule has 0 amide bonds. The lowest BCUT2D eigenvalue weighted by Crippen LogP contribution is -2.28. The third-order valence-electron chi connectivity index (χ3n) is 2.17. The Morgan fingerprint density at radius 2 is 2.00 bits per heavy atom. The van der Waals surface area contributed by atoms with Crippen LogP contribution in [0.15, 0.2) is 24.3 Å². The zero-order valence-corrected chi connectivity index (χ0v) is 8.14. The smallest absolute Gasteiger partial charge is 0.201 e. The molecular formula is C10H13N3O2. The Morgan fingerprint density at radius 1 is 1.27 bits per heavy atom. The van der Waals surface area contributed by atoms with Gasteiger partial charge in [0.15, 0.2) is 0 Å². The second-order valence-corrected chi connectivity index (χ2v) is 3.31. The van der Waals surface area contributed by atoms with Gasteiger partial charge in [0, 0.05) is 0 Å². The summed E-state index contributed by atoms with van der Waals surface area (Å²) in [6.45, 7) is -0.263. The predicted octanol–water partition coefficient (Wildman–Crippen LogP) is 0.328. The van der Waals surface area contributed by atoms with E-state index < -0.39 is 0 Å². The van der Waals surface area contributed by atoms with E-state index in [9.17, 15) is 0 Å². The molecule has 1 aromatic heterocycles. The van der Waals surface area contributed by atoms with E-state index in [2.05, 4.69) is 15.3 Å². The Labute approximate surface area is 86.8 Å². The minimum atomic E-state index is -0.384. The van der Waals surface area contributed by atoms with Crippen LogP contribution in [0.1, 0.15) is 0 Å². The fraction of sp³-hybridized carbons (Fsp3) is 0.300. The summed E-state index contributed by atoms with van der Waals surface area (Å²) >= 11 is 0. The number of aromatic amines is 1. The number of fused-ring (bicyclic) bond motifs is 1. The van der Waals surface area contributed by atoms with Gasteiger partial charge in [-0.25, -0.2) is 4.98 Å². The summed E-state index contributed by atoms with van der Waals surface area (Å²) in [6.07, 6.45) is 0. The van der Waals surface area contributed by atoms with Crippen LogP contribution in [0.4, 0.5) is 5.95 Å². The molecule has 1 heterocycles. The molecule has 5 nitrogen and oxygen atoms in total. The maximum Gasteiger partial charge on any atom is 0.201 e. The number of imidazole rings is 1. The number of hydrogen-bond acceptors (Lipinski definition) is 4. The summed E-state index contributed by atoms with van der Waals surface area (Å²) in [5, 5.41) is 20.7. The van der Waals surface area contributed by atoms with Crippen LogP contribution < -0.4 is 5.32 Å². The van der Waals surface area contributed by atoms with Crippen molar-refractivity contribution in [3.05, 3.63) is 24.3 Å². The van der Waals surface area contributed by atoms with Gasteiger partial charge in [0.25, 0.3) is 0 Å². The average molecular weight is 207 g/mol. The van der Waals surface area contributed by atoms with Gasteiger partial charge in [0.1, 0.15) is 0 Å². The van der Waals surface area contributed by atoms with E-state index in [0.717, 1.165) is 11.0 Å². The van der Waals surface area contributed by atoms with Crippen LogP contribution in [0.25, 0.3) is 11.0 Å². The summed E-state index contributed by atoms with van der Waals surface area (Å²) in [5.74, 6) is 0.560. The number of rotatable bonds is 4. The predicted molar refractivity (Wildman–Crippen MR) is 57.7 cm³/mol. The number of anilines is 1. The number of aliphatic hydroxyl groups is 2. The normalized spacial score (nSPS) is 11.1. The molecule has 15 heavy (non-hydrogen) atoms. The first-order valence-corrected chi connectivity index (χ1v) is 4.76. The van der Waals surface area contributed by atoms with Crippen LogP contribution in [0.5, 0.6) is 0 Å². The molecule has 0 saturated heterocycles. The highest BCUT2D eigenvalue weighted by atomic mass is 16.3. The monoisotopic (exact) mass is 207 g/mol. The number of H-pyrrole nitrogens is 1. The summed E-state index contributed by atoms with van der Waals surface area (Å²) < 4.78 is 0. The molecule has 0 aliphatic carbocycles. The van der Waals surface area contributed by atoms with E-state index >= 15 is 0 Å². The molecule has 1 aromatic carbocycles. The van der Waals surface area contributed by atoms with Gasteiger partial charge in [-0.15, -0.1) is 0 Å². The first-order valence-electron chi connectivity index (χ1n) is 4.76. The van der Waals surface area contributed by atoms with Crippen molar-refractivity contribution in [1.82, 2.24) is 9.97 Å². The van der Waals surface area contributed by atoms with E-state index in [1.165, 1.54) is 0 Å². The van der Waals surface area contributed by atoms with Crippen LogP contribution in [-0.2, 0) is 0 Å². The zero-order chi connectivity index (χ0) is 10.7. The molecule has 0 radical (unpaired) electrons. The van der Waals surface area contributed by atoms with Crippen molar-refractivity contribution in [2.24, 2.45) is 0 Å². The van der Waals surface area contributed by atoms with E-state index in [0.29, 0.717) is 5.95 Å². The molecule has 4 N–H and O–H groups in total. The number of para-hydroxylation sites is 2. The number of aromatic nitrogens is 2. The second-order valence-electron chi connectivity index (χ2n) is 3.31. The van der Waals surface area contributed by atoms with Crippen LogP contribution in [-0.4, -0.2) is 39.4 Å². The lowest BCUT2D eigenvalue weighted by atomic mass is 10.3. The molecule has 5 heteroatoms. The molecule has 0 saturated carbocycles. The Hall–Kier alpha value is -1.59. The number of aliphatic hydroxyl groups excluding tert-OH is 2. The van der Waals surface area contributed by atoms with Crippen molar-refractivity contribution < 1.29 is 10.2 Å². The Morgan fingerprint density at radius 3 is 2.67 bits per heavy atom. The van der Waals surface area contributed by atoms with Gasteiger partial charge in [0.05, 0.1) is 30.3 Å². The molecule has 80 valence electrons. The van der Waals surface area contributed by atoms with Crippen LogP contribution >= 0.6 is 0 Å². The molecule has 2 rings (SSSR count). The van der Waals surface area contributed by atoms with E-state index in [-0.39, 0.29) is 19.3 Å². The maximum atomic E-state index is 8.90. The Kier molecular flexibility index (Phi) is 2.84. The standard InChI is InChI=1S/C10H13N3O2/c14-5-7(6-15)11-10-12-8-3-1-2-4-9(8)13-10/h1-4,7,14-15H,5-6H2,(H2,11,12,13). The fourth-order valence-corrected chi connectivity index (χ4v) is 1.36. The van der Waals surface area contributed by atoms with Crippen molar-refractivity contribution in [3.8, 4) is 0 Å². The summed E-state index contributed by atoms with van der Waals surface area (Å²) in [4.78, 5) is 7.31. The molecule has 0 atom stereocenters. The van der Waals surface area contributed by atoms with Crippen molar-refractivity contribution in [1.29, 1.82) is 0 Å². The second kappa shape index (κ2) is 4.29. The first kappa shape index (κ1) is 9.95. The van der Waals surface area contributed by atoms with Gasteiger partial charge in [-0.1, -0.05) is 12.1 Å². The molecule has 0 spiro atoms. The quantitative estimate of drug-likeness (QED) is 0.582. The van der Waals surface area contributed by atoms with Crippen LogP contribution in [0.3, 0.4) is 0 Å². The van der Waals surface area contributed by atoms with Gasteiger partial charge in [-0.2, -0.15) is 0 Å². The highest BCUT2D eigenvalue weighted by Crippen LogP contribution is 2.13. The third-order valence-corrected chi connectivity index (χ3v) is 2.17. The number of benzene rings is 1. The molecule has 0 unspecified atom stereocenters. The van der Waals surface area contributed by atoms with Gasteiger partial charge in [-0.05, 0) is 12.1 Å². The molecule has 0 bridgehead atoms. The number of nitrogens with one attached hydrogen (secondary N) is 2. The average Bonchev–Trinajstić information content (AvgIpc) is 2.68. The van der Waals surface area contributed by atoms with Gasteiger partial charge in [-0.3, -0.25) is 0 Å². The van der Waals surface area contributed by atoms with E-state index in [1.54, 1.807) is 0 Å². The van der Waals surface area contributed by atoms with Crippen LogP contribution in [0.2, 0.25) is 0 Å². The molecule has 0 fully saturated rings. The number of hydrogen-bond donors (Lipinski definition) is 4. The fourth-order valence-electron chi connectivity index (χ4n) is 1.36. The first-order chi connectivity index (χ1) is 7.33. The molecular weight excluding hydrogens is 194 g/mol. The Balaban J connectivity index is 2.21. The minimum Gasteiger partial charge on any atom is -0.394 e. The molecule has 0 aliphatic heterocycles. The zero-order valence-electron chi connectivity index (χ0n) is 8.14. The summed E-state index contributed by atoms with van der Waals surface area (Å²) in [6, 6.07) is 7.25. The van der Waals surface area contributed by atoms with Gasteiger partial charge < -0.3 is 20.5 Å². The summed E-state index contributed by atoms with van der Waals surface area (Å²) in [5.41, 5.74) is 1.78. The molecule has 2 aromatic rings. The highest BCUT2D eigenvalue weighted by Gasteiger charge is 2.08. The SMILES string of the molecule is OCC(CO)Nc1nc2ccccc2[nH]1. The van der Waals surface area contributed by atoms with Gasteiger partial charge in [0.2, 0.25) is 5.95 Å². The highest BCUT2D eigenvalue weighted by molar-refractivity contribution is 5.77. The largest absolute Gasteiger partial charge is 0.394 e. The topological polar surface area (TPSA) is 81.2 Å². The number of nitrogens with zero attached hydrogens (tertiary/aromatic N) is 1. The lowest BCUT2D eigenvalue weighted by molar-refractivity contribution is 0.203. The maximum absolute atomic E-state index is 8.90. The van der Waals surface area contributed by atoms with E-state index in [4.69, 9.17) is 10.2 Å². The van der Waals surface area contributed by atoms with Crippen molar-refractivity contribution in [3.63, 3.8) is 0 Å². The van der Waals surface area contributed by atoms with E-state index in [1.807, 2.05) is 24.3 Å². The lowest BCUT2D eigenvalue weighted by Gasteiger charge is -2.11. The molecule has 0 aliphatic rings. The summed E-state index contributed by atoms with van der Waals surface area (Å²) in [7, 11) is 0.